The van der Waals surface area contributed by atoms with Crippen LogP contribution in [0, 0.1) is 11.2 Å². The summed E-state index contributed by atoms with van der Waals surface area (Å²) in [6.07, 6.45) is 0. The van der Waals surface area contributed by atoms with Crippen molar-refractivity contribution < 1.29 is 19.1 Å². The van der Waals surface area contributed by atoms with Crippen LogP contribution < -0.4 is 10.6 Å². The Kier molecular flexibility index (Phi) is 4.83. The smallest absolute Gasteiger partial charge is 0.319 e. The quantitative estimate of drug-likeness (QED) is 0.795. The third kappa shape index (κ3) is 3.85. The SMILES string of the molecule is CC(C)(NC(=O)Nc1ccc(F)cc1Cl)C(C)(C)C(=O)O. The predicted octanol–water partition coefficient (Wildman–Crippen LogP) is 3.49. The van der Waals surface area contributed by atoms with Gasteiger partial charge in [-0.3, -0.25) is 4.79 Å². The van der Waals surface area contributed by atoms with Crippen LogP contribution in [0.2, 0.25) is 5.02 Å². The molecule has 116 valence electrons. The van der Waals surface area contributed by atoms with Crippen molar-refractivity contribution in [3.05, 3.63) is 29.0 Å². The first-order valence-corrected chi connectivity index (χ1v) is 6.63. The van der Waals surface area contributed by atoms with Gasteiger partial charge in [0.25, 0.3) is 0 Å². The van der Waals surface area contributed by atoms with Gasteiger partial charge in [-0.05, 0) is 45.9 Å². The Hall–Kier alpha value is -1.82. The number of rotatable bonds is 4. The van der Waals surface area contributed by atoms with E-state index in [4.69, 9.17) is 11.6 Å². The van der Waals surface area contributed by atoms with E-state index in [1.54, 1.807) is 13.8 Å². The number of amides is 2. The van der Waals surface area contributed by atoms with Crippen molar-refractivity contribution in [1.82, 2.24) is 5.32 Å². The molecule has 3 N–H and O–H groups in total. The summed E-state index contributed by atoms with van der Waals surface area (Å²) >= 11 is 5.81. The Morgan fingerprint density at radius 1 is 1.24 bits per heavy atom. The van der Waals surface area contributed by atoms with Crippen LogP contribution in [0.3, 0.4) is 0 Å². The number of benzene rings is 1. The molecule has 0 aliphatic rings. The second kappa shape index (κ2) is 5.89. The van der Waals surface area contributed by atoms with Crippen molar-refractivity contribution in [2.24, 2.45) is 5.41 Å². The second-order valence-corrected chi connectivity index (χ2v) is 6.17. The molecule has 1 aromatic rings. The second-order valence-electron chi connectivity index (χ2n) is 5.76. The molecule has 0 aliphatic carbocycles. The van der Waals surface area contributed by atoms with Crippen molar-refractivity contribution in [2.75, 3.05) is 5.32 Å². The van der Waals surface area contributed by atoms with Crippen LogP contribution >= 0.6 is 11.6 Å². The number of hydrogen-bond donors (Lipinski definition) is 3. The van der Waals surface area contributed by atoms with E-state index in [9.17, 15) is 19.1 Å². The van der Waals surface area contributed by atoms with E-state index in [0.717, 1.165) is 12.1 Å². The van der Waals surface area contributed by atoms with E-state index in [2.05, 4.69) is 10.6 Å². The van der Waals surface area contributed by atoms with Gasteiger partial charge < -0.3 is 15.7 Å². The molecule has 0 saturated heterocycles. The highest BCUT2D eigenvalue weighted by Crippen LogP contribution is 2.31. The Labute approximate surface area is 127 Å². The molecule has 0 radical (unpaired) electrons. The number of aliphatic carboxylic acids is 1. The fraction of sp³-hybridized carbons (Fsp3) is 0.429. The number of carboxylic acids is 1. The Bertz CT molecular complexity index is 573. The zero-order valence-corrected chi connectivity index (χ0v) is 13.0. The fourth-order valence-electron chi connectivity index (χ4n) is 1.45. The molecule has 2 amide bonds. The van der Waals surface area contributed by atoms with Crippen LogP contribution in [0.1, 0.15) is 27.7 Å². The minimum Gasteiger partial charge on any atom is -0.481 e. The summed E-state index contributed by atoms with van der Waals surface area (Å²) in [5, 5.41) is 14.3. The summed E-state index contributed by atoms with van der Waals surface area (Å²) in [6, 6.07) is 2.94. The van der Waals surface area contributed by atoms with E-state index in [0.29, 0.717) is 0 Å². The van der Waals surface area contributed by atoms with E-state index in [-0.39, 0.29) is 10.7 Å². The third-order valence-electron chi connectivity index (χ3n) is 3.70. The lowest BCUT2D eigenvalue weighted by atomic mass is 9.74. The molecule has 0 heterocycles. The maximum absolute atomic E-state index is 12.9. The average molecular weight is 317 g/mol. The average Bonchev–Trinajstić information content (AvgIpc) is 2.31. The van der Waals surface area contributed by atoms with Crippen molar-refractivity contribution in [3.63, 3.8) is 0 Å². The van der Waals surface area contributed by atoms with Gasteiger partial charge in [0, 0.05) is 0 Å². The number of nitrogens with one attached hydrogen (secondary N) is 2. The molecule has 5 nitrogen and oxygen atoms in total. The standard InChI is InChI=1S/C14H18ClFN2O3/c1-13(2,11(19)20)14(3,4)18-12(21)17-10-6-5-8(16)7-9(10)15/h5-7H,1-4H3,(H,19,20)(H2,17,18,21). The molecular weight excluding hydrogens is 299 g/mol. The number of carbonyl (C=O) groups excluding carboxylic acids is 1. The molecule has 0 aliphatic heterocycles. The number of anilines is 1. The number of halogens is 2. The normalized spacial score (nSPS) is 11.9. The molecule has 0 spiro atoms. The van der Waals surface area contributed by atoms with Crippen LogP contribution in [0.4, 0.5) is 14.9 Å². The van der Waals surface area contributed by atoms with Crippen LogP contribution in [-0.4, -0.2) is 22.6 Å². The molecule has 0 atom stereocenters. The molecule has 21 heavy (non-hydrogen) atoms. The molecule has 0 fully saturated rings. The summed E-state index contributed by atoms with van der Waals surface area (Å²) < 4.78 is 12.9. The van der Waals surface area contributed by atoms with Crippen LogP contribution in [0.15, 0.2) is 18.2 Å². The van der Waals surface area contributed by atoms with Gasteiger partial charge in [0.15, 0.2) is 0 Å². The van der Waals surface area contributed by atoms with Gasteiger partial charge in [-0.2, -0.15) is 0 Å². The number of hydrogen-bond acceptors (Lipinski definition) is 2. The monoisotopic (exact) mass is 316 g/mol. The molecule has 0 bridgehead atoms. The molecule has 0 saturated carbocycles. The van der Waals surface area contributed by atoms with Gasteiger partial charge in [-0.1, -0.05) is 11.6 Å². The third-order valence-corrected chi connectivity index (χ3v) is 4.02. The van der Waals surface area contributed by atoms with Crippen LogP contribution in [0.5, 0.6) is 0 Å². The van der Waals surface area contributed by atoms with Crippen molar-refractivity contribution in [2.45, 2.75) is 33.2 Å². The van der Waals surface area contributed by atoms with Crippen LogP contribution in [-0.2, 0) is 4.79 Å². The first-order chi connectivity index (χ1) is 9.47. The molecule has 7 heteroatoms. The maximum Gasteiger partial charge on any atom is 0.319 e. The topological polar surface area (TPSA) is 78.4 Å². The lowest BCUT2D eigenvalue weighted by Gasteiger charge is -2.38. The highest BCUT2D eigenvalue weighted by molar-refractivity contribution is 6.33. The Balaban J connectivity index is 2.84. The van der Waals surface area contributed by atoms with Gasteiger partial charge >= 0.3 is 12.0 Å². The van der Waals surface area contributed by atoms with Crippen molar-refractivity contribution >= 4 is 29.3 Å². The summed E-state index contributed by atoms with van der Waals surface area (Å²) in [7, 11) is 0. The molecule has 0 unspecified atom stereocenters. The summed E-state index contributed by atoms with van der Waals surface area (Å²) in [5.41, 5.74) is -1.97. The number of urea groups is 1. The molecule has 1 aromatic carbocycles. The minimum atomic E-state index is -1.18. The van der Waals surface area contributed by atoms with Gasteiger partial charge in [0.1, 0.15) is 5.82 Å². The number of carbonyl (C=O) groups is 2. The highest BCUT2D eigenvalue weighted by Gasteiger charge is 2.44. The van der Waals surface area contributed by atoms with Crippen molar-refractivity contribution in [1.29, 1.82) is 0 Å². The van der Waals surface area contributed by atoms with Crippen LogP contribution in [0.25, 0.3) is 0 Å². The summed E-state index contributed by atoms with van der Waals surface area (Å²) in [5.74, 6) is -1.55. The lowest BCUT2D eigenvalue weighted by molar-refractivity contribution is -0.150. The van der Waals surface area contributed by atoms with Crippen molar-refractivity contribution in [3.8, 4) is 0 Å². The lowest BCUT2D eigenvalue weighted by Crippen LogP contribution is -2.57. The summed E-state index contributed by atoms with van der Waals surface area (Å²) in [6.45, 7) is 6.24. The predicted molar refractivity (Wildman–Crippen MR) is 79.1 cm³/mol. The van der Waals surface area contributed by atoms with Gasteiger partial charge in [0.05, 0.1) is 21.7 Å². The fourth-order valence-corrected chi connectivity index (χ4v) is 1.67. The highest BCUT2D eigenvalue weighted by atomic mass is 35.5. The first kappa shape index (κ1) is 17.2. The van der Waals surface area contributed by atoms with E-state index in [1.807, 2.05) is 0 Å². The first-order valence-electron chi connectivity index (χ1n) is 6.25. The largest absolute Gasteiger partial charge is 0.481 e. The van der Waals surface area contributed by atoms with Gasteiger partial charge in [0.2, 0.25) is 0 Å². The maximum atomic E-state index is 12.9. The zero-order chi connectivity index (χ0) is 16.4. The van der Waals surface area contributed by atoms with Gasteiger partial charge in [-0.25, -0.2) is 9.18 Å². The number of carboxylic acid groups (broad SMARTS) is 1. The molecule has 1 rings (SSSR count). The zero-order valence-electron chi connectivity index (χ0n) is 12.3. The molecule has 0 aromatic heterocycles. The van der Waals surface area contributed by atoms with E-state index in [1.165, 1.54) is 19.9 Å². The summed E-state index contributed by atoms with van der Waals surface area (Å²) in [4.78, 5) is 23.2. The Morgan fingerprint density at radius 3 is 2.29 bits per heavy atom. The van der Waals surface area contributed by atoms with E-state index >= 15 is 0 Å². The van der Waals surface area contributed by atoms with Gasteiger partial charge in [-0.15, -0.1) is 0 Å². The minimum absolute atomic E-state index is 0.0560. The Morgan fingerprint density at radius 2 is 1.81 bits per heavy atom. The molecular formula is C14H18ClFN2O3. The van der Waals surface area contributed by atoms with E-state index < -0.39 is 28.8 Å².